The van der Waals surface area contributed by atoms with E-state index in [-0.39, 0.29) is 5.91 Å². The minimum Gasteiger partial charge on any atom is -0.348 e. The van der Waals surface area contributed by atoms with Crippen LogP contribution in [0, 0.1) is 13.8 Å². The number of nitrogens with one attached hydrogen (secondary N) is 1. The second-order valence-electron chi connectivity index (χ2n) is 6.70. The van der Waals surface area contributed by atoms with Crippen molar-refractivity contribution in [2.45, 2.75) is 33.9 Å². The lowest BCUT2D eigenvalue weighted by molar-refractivity contribution is 0.0952. The molecule has 4 heterocycles. The molecule has 0 saturated heterocycles. The molecular formula is C19H22N8O. The van der Waals surface area contributed by atoms with Crippen molar-refractivity contribution in [3.63, 3.8) is 0 Å². The molecular weight excluding hydrogens is 356 g/mol. The van der Waals surface area contributed by atoms with Crippen molar-refractivity contribution < 1.29 is 4.79 Å². The summed E-state index contributed by atoms with van der Waals surface area (Å²) in [5.41, 5.74) is 5.54. The quantitative estimate of drug-likeness (QED) is 0.572. The normalized spacial score (nSPS) is 11.3. The second-order valence-corrected chi connectivity index (χ2v) is 6.70. The minimum atomic E-state index is -0.219. The van der Waals surface area contributed by atoms with Gasteiger partial charge in [0.2, 0.25) is 0 Å². The van der Waals surface area contributed by atoms with Crippen molar-refractivity contribution in [2.75, 3.05) is 0 Å². The molecule has 0 aliphatic rings. The van der Waals surface area contributed by atoms with Crippen LogP contribution in [0.2, 0.25) is 0 Å². The Balaban J connectivity index is 1.65. The van der Waals surface area contributed by atoms with Gasteiger partial charge in [0.05, 0.1) is 23.3 Å². The molecule has 0 aromatic carbocycles. The highest BCUT2D eigenvalue weighted by atomic mass is 16.1. The lowest BCUT2D eigenvalue weighted by Crippen LogP contribution is -2.23. The zero-order valence-electron chi connectivity index (χ0n) is 16.3. The van der Waals surface area contributed by atoms with Gasteiger partial charge in [0, 0.05) is 49.9 Å². The van der Waals surface area contributed by atoms with Crippen LogP contribution in [0.5, 0.6) is 0 Å². The Morgan fingerprint density at radius 2 is 2.00 bits per heavy atom. The van der Waals surface area contributed by atoms with Crippen molar-refractivity contribution in [3.8, 4) is 11.3 Å². The van der Waals surface area contributed by atoms with Crippen LogP contribution < -0.4 is 5.32 Å². The Bertz CT molecular complexity index is 1170. The summed E-state index contributed by atoms with van der Waals surface area (Å²) in [6.45, 7) is 7.11. The molecule has 0 saturated carbocycles. The summed E-state index contributed by atoms with van der Waals surface area (Å²) in [6.07, 6.45) is 7.13. The first-order chi connectivity index (χ1) is 13.5. The predicted octanol–water partition coefficient (Wildman–Crippen LogP) is 1.89. The van der Waals surface area contributed by atoms with Crippen molar-refractivity contribution >= 4 is 11.6 Å². The maximum absolute atomic E-state index is 12.7. The van der Waals surface area contributed by atoms with Crippen LogP contribution in [0.3, 0.4) is 0 Å². The highest BCUT2D eigenvalue weighted by Gasteiger charge is 2.18. The van der Waals surface area contributed by atoms with Gasteiger partial charge in [-0.15, -0.1) is 0 Å². The first kappa shape index (κ1) is 17.9. The average molecular weight is 378 g/mol. The maximum Gasteiger partial charge on any atom is 0.257 e. The van der Waals surface area contributed by atoms with E-state index in [1.54, 1.807) is 21.6 Å². The Morgan fingerprint density at radius 3 is 2.68 bits per heavy atom. The van der Waals surface area contributed by atoms with E-state index in [1.165, 1.54) is 0 Å². The zero-order chi connectivity index (χ0) is 19.8. The summed E-state index contributed by atoms with van der Waals surface area (Å²) in [4.78, 5) is 17.1. The van der Waals surface area contributed by atoms with Gasteiger partial charge in [0.1, 0.15) is 5.56 Å². The number of carbonyl (C=O) groups excluding carboxylic acids is 1. The van der Waals surface area contributed by atoms with Crippen LogP contribution in [0.15, 0.2) is 30.9 Å². The molecule has 0 atom stereocenters. The fraction of sp³-hybridized carbons (Fsp3) is 0.316. The molecule has 144 valence electrons. The molecule has 9 nitrogen and oxygen atoms in total. The molecule has 0 aliphatic heterocycles. The Morgan fingerprint density at radius 1 is 1.18 bits per heavy atom. The first-order valence-electron chi connectivity index (χ1n) is 9.12. The van der Waals surface area contributed by atoms with Gasteiger partial charge in [-0.2, -0.15) is 15.3 Å². The number of carbonyl (C=O) groups is 1. The summed E-state index contributed by atoms with van der Waals surface area (Å²) in [7, 11) is 1.86. The summed E-state index contributed by atoms with van der Waals surface area (Å²) < 4.78 is 5.30. The van der Waals surface area contributed by atoms with Gasteiger partial charge in [-0.25, -0.2) is 9.50 Å². The van der Waals surface area contributed by atoms with Crippen LogP contribution in [0.1, 0.15) is 34.2 Å². The fourth-order valence-corrected chi connectivity index (χ4v) is 3.28. The summed E-state index contributed by atoms with van der Waals surface area (Å²) in [6, 6.07) is 1.88. The SMILES string of the molecule is CCn1cc(-c2ccnc3c(C(=O)NCc4cn(C)nc4C)cnn23)c(C)n1. The second kappa shape index (κ2) is 6.91. The Labute approximate surface area is 162 Å². The third-order valence-corrected chi connectivity index (χ3v) is 4.75. The van der Waals surface area contributed by atoms with Gasteiger partial charge >= 0.3 is 0 Å². The standard InChI is InChI=1S/C19H22N8O/c1-5-26-11-16(13(3)24-26)17-6-7-20-18-15(9-22-27(17)18)19(28)21-8-14-10-25(4)23-12(14)2/h6-7,9-11H,5,8H2,1-4H3,(H,21,28). The summed E-state index contributed by atoms with van der Waals surface area (Å²) in [5, 5.41) is 16.1. The molecule has 0 unspecified atom stereocenters. The molecule has 28 heavy (non-hydrogen) atoms. The molecule has 1 amide bonds. The van der Waals surface area contributed by atoms with Gasteiger partial charge in [-0.1, -0.05) is 0 Å². The lowest BCUT2D eigenvalue weighted by atomic mass is 10.2. The predicted molar refractivity (Wildman–Crippen MR) is 104 cm³/mol. The van der Waals surface area contributed by atoms with Crippen LogP contribution in [0.25, 0.3) is 16.9 Å². The number of aromatic nitrogens is 7. The fourth-order valence-electron chi connectivity index (χ4n) is 3.28. The molecule has 0 aliphatic carbocycles. The number of aryl methyl sites for hydroxylation is 4. The molecule has 4 aromatic rings. The number of fused-ring (bicyclic) bond motifs is 1. The highest BCUT2D eigenvalue weighted by molar-refractivity contribution is 5.99. The van der Waals surface area contributed by atoms with E-state index in [1.807, 2.05) is 51.0 Å². The van der Waals surface area contributed by atoms with Crippen molar-refractivity contribution in [1.82, 2.24) is 39.5 Å². The number of hydrogen-bond acceptors (Lipinski definition) is 5. The van der Waals surface area contributed by atoms with Gasteiger partial charge in [0.25, 0.3) is 5.91 Å². The van der Waals surface area contributed by atoms with E-state index < -0.39 is 0 Å². The van der Waals surface area contributed by atoms with Gasteiger partial charge in [0.15, 0.2) is 5.65 Å². The van der Waals surface area contributed by atoms with Gasteiger partial charge < -0.3 is 5.32 Å². The topological polar surface area (TPSA) is 94.9 Å². The number of rotatable bonds is 5. The smallest absolute Gasteiger partial charge is 0.257 e. The molecule has 0 fully saturated rings. The monoisotopic (exact) mass is 378 g/mol. The van der Waals surface area contributed by atoms with E-state index >= 15 is 0 Å². The number of nitrogens with zero attached hydrogens (tertiary/aromatic N) is 7. The first-order valence-corrected chi connectivity index (χ1v) is 9.12. The summed E-state index contributed by atoms with van der Waals surface area (Å²) in [5.74, 6) is -0.219. The van der Waals surface area contributed by atoms with Gasteiger partial charge in [-0.3, -0.25) is 14.2 Å². The molecule has 9 heteroatoms. The van der Waals surface area contributed by atoms with E-state index in [2.05, 4.69) is 25.6 Å². The van der Waals surface area contributed by atoms with Crippen LogP contribution >= 0.6 is 0 Å². The average Bonchev–Trinajstić information content (AvgIpc) is 3.36. The van der Waals surface area contributed by atoms with Crippen molar-refractivity contribution in [1.29, 1.82) is 0 Å². The lowest BCUT2D eigenvalue weighted by Gasteiger charge is -2.05. The van der Waals surface area contributed by atoms with Crippen molar-refractivity contribution in [2.24, 2.45) is 7.05 Å². The van der Waals surface area contributed by atoms with Crippen molar-refractivity contribution in [3.05, 3.63) is 53.4 Å². The third kappa shape index (κ3) is 3.04. The molecule has 4 rings (SSSR count). The van der Waals surface area contributed by atoms with Gasteiger partial charge in [-0.05, 0) is 26.8 Å². The van der Waals surface area contributed by atoms with E-state index in [4.69, 9.17) is 0 Å². The third-order valence-electron chi connectivity index (χ3n) is 4.75. The summed E-state index contributed by atoms with van der Waals surface area (Å²) >= 11 is 0. The largest absolute Gasteiger partial charge is 0.348 e. The Hall–Kier alpha value is -3.49. The van der Waals surface area contributed by atoms with E-state index in [0.29, 0.717) is 17.8 Å². The molecule has 0 bridgehead atoms. The molecule has 1 N–H and O–H groups in total. The van der Waals surface area contributed by atoms with E-state index in [0.717, 1.165) is 34.8 Å². The zero-order valence-corrected chi connectivity index (χ0v) is 16.3. The van der Waals surface area contributed by atoms with E-state index in [9.17, 15) is 4.79 Å². The molecule has 0 spiro atoms. The molecule has 4 aromatic heterocycles. The minimum absolute atomic E-state index is 0.219. The number of hydrogen-bond donors (Lipinski definition) is 1. The highest BCUT2D eigenvalue weighted by Crippen LogP contribution is 2.23. The number of amides is 1. The Kier molecular flexibility index (Phi) is 4.42. The molecule has 0 radical (unpaired) electrons. The maximum atomic E-state index is 12.7. The van der Waals surface area contributed by atoms with Crippen LogP contribution in [-0.4, -0.2) is 40.1 Å². The van der Waals surface area contributed by atoms with Crippen LogP contribution in [-0.2, 0) is 20.1 Å². The van der Waals surface area contributed by atoms with Crippen LogP contribution in [0.4, 0.5) is 0 Å².